The summed E-state index contributed by atoms with van der Waals surface area (Å²) in [6.07, 6.45) is 1.83. The molecular formula is C11H14BrNO2. The zero-order chi connectivity index (χ0) is 11.1. The Morgan fingerprint density at radius 2 is 2.07 bits per heavy atom. The van der Waals surface area contributed by atoms with Gasteiger partial charge in [0.1, 0.15) is 0 Å². The predicted octanol–water partition coefficient (Wildman–Crippen LogP) is 3.12. The van der Waals surface area contributed by atoms with Crippen molar-refractivity contribution in [1.82, 2.24) is 0 Å². The highest BCUT2D eigenvalue weighted by Crippen LogP contribution is 2.20. The van der Waals surface area contributed by atoms with Crippen LogP contribution in [0.3, 0.4) is 0 Å². The number of carbonyl (C=O) groups is 1. The number of rotatable bonds is 6. The summed E-state index contributed by atoms with van der Waals surface area (Å²) in [6, 6.07) is 7.88. The Morgan fingerprint density at radius 3 is 2.73 bits per heavy atom. The lowest BCUT2D eigenvalue weighted by molar-refractivity contribution is -0.137. The van der Waals surface area contributed by atoms with Crippen molar-refractivity contribution in [3.05, 3.63) is 28.7 Å². The molecule has 0 bridgehead atoms. The molecule has 3 nitrogen and oxygen atoms in total. The topological polar surface area (TPSA) is 49.3 Å². The smallest absolute Gasteiger partial charge is 0.303 e. The third-order valence-corrected chi connectivity index (χ3v) is 2.70. The minimum atomic E-state index is -0.726. The first-order valence-corrected chi connectivity index (χ1v) is 5.69. The second kappa shape index (κ2) is 6.45. The summed E-state index contributed by atoms with van der Waals surface area (Å²) in [5.41, 5.74) is 1.05. The molecule has 4 heteroatoms. The van der Waals surface area contributed by atoms with Gasteiger partial charge in [0.15, 0.2) is 0 Å². The average molecular weight is 272 g/mol. The van der Waals surface area contributed by atoms with Crippen LogP contribution in [0.25, 0.3) is 0 Å². The predicted molar refractivity (Wildman–Crippen MR) is 64.1 cm³/mol. The van der Waals surface area contributed by atoms with Crippen molar-refractivity contribution in [2.75, 3.05) is 11.9 Å². The molecule has 1 aromatic carbocycles. The van der Waals surface area contributed by atoms with E-state index < -0.39 is 5.97 Å². The fourth-order valence-electron chi connectivity index (χ4n) is 1.23. The molecule has 0 aromatic heterocycles. The summed E-state index contributed by atoms with van der Waals surface area (Å²) in [4.78, 5) is 10.3. The zero-order valence-electron chi connectivity index (χ0n) is 8.37. The van der Waals surface area contributed by atoms with E-state index >= 15 is 0 Å². The van der Waals surface area contributed by atoms with Gasteiger partial charge in [0.05, 0.1) is 0 Å². The van der Waals surface area contributed by atoms with Crippen LogP contribution in [-0.4, -0.2) is 17.6 Å². The molecule has 0 aliphatic rings. The van der Waals surface area contributed by atoms with E-state index in [4.69, 9.17) is 5.11 Å². The van der Waals surface area contributed by atoms with Gasteiger partial charge in [0.25, 0.3) is 0 Å². The van der Waals surface area contributed by atoms with Gasteiger partial charge in [0, 0.05) is 23.1 Å². The van der Waals surface area contributed by atoms with Gasteiger partial charge in [0.2, 0.25) is 0 Å². The molecule has 1 rings (SSSR count). The van der Waals surface area contributed by atoms with E-state index in [1.165, 1.54) is 0 Å². The molecule has 2 N–H and O–H groups in total. The standard InChI is InChI=1S/C11H14BrNO2/c12-9-5-1-2-6-10(9)13-8-4-3-7-11(14)15/h1-2,5-6,13H,3-4,7-8H2,(H,14,15). The highest BCUT2D eigenvalue weighted by atomic mass is 79.9. The molecule has 15 heavy (non-hydrogen) atoms. The highest BCUT2D eigenvalue weighted by Gasteiger charge is 1.98. The lowest BCUT2D eigenvalue weighted by atomic mass is 10.2. The Labute approximate surface area is 97.6 Å². The lowest BCUT2D eigenvalue weighted by Crippen LogP contribution is -2.03. The number of hydrogen-bond acceptors (Lipinski definition) is 2. The van der Waals surface area contributed by atoms with Gasteiger partial charge in [-0.05, 0) is 40.9 Å². The second-order valence-electron chi connectivity index (χ2n) is 3.26. The number of halogens is 1. The molecule has 82 valence electrons. The summed E-state index contributed by atoms with van der Waals surface area (Å²) >= 11 is 3.43. The zero-order valence-corrected chi connectivity index (χ0v) is 9.96. The third-order valence-electron chi connectivity index (χ3n) is 2.01. The molecule has 0 saturated heterocycles. The maximum Gasteiger partial charge on any atom is 0.303 e. The van der Waals surface area contributed by atoms with E-state index in [9.17, 15) is 4.79 Å². The Kier molecular flexibility index (Phi) is 5.18. The molecule has 0 atom stereocenters. The molecule has 0 fully saturated rings. The first kappa shape index (κ1) is 12.0. The SMILES string of the molecule is O=C(O)CCCCNc1ccccc1Br. The first-order chi connectivity index (χ1) is 7.20. The number of para-hydroxylation sites is 1. The molecule has 0 saturated carbocycles. The Balaban J connectivity index is 2.21. The van der Waals surface area contributed by atoms with E-state index in [-0.39, 0.29) is 6.42 Å². The highest BCUT2D eigenvalue weighted by molar-refractivity contribution is 9.10. The number of nitrogens with one attached hydrogen (secondary N) is 1. The largest absolute Gasteiger partial charge is 0.481 e. The minimum Gasteiger partial charge on any atom is -0.481 e. The van der Waals surface area contributed by atoms with Crippen LogP contribution in [0.2, 0.25) is 0 Å². The van der Waals surface area contributed by atoms with Crippen LogP contribution < -0.4 is 5.32 Å². The van der Waals surface area contributed by atoms with E-state index in [2.05, 4.69) is 21.2 Å². The summed E-state index contributed by atoms with van der Waals surface area (Å²) < 4.78 is 1.03. The molecule has 0 amide bonds. The minimum absolute atomic E-state index is 0.248. The Morgan fingerprint density at radius 1 is 1.33 bits per heavy atom. The van der Waals surface area contributed by atoms with Crippen molar-refractivity contribution in [3.8, 4) is 0 Å². The van der Waals surface area contributed by atoms with Crippen LogP contribution in [0.15, 0.2) is 28.7 Å². The number of hydrogen-bond donors (Lipinski definition) is 2. The quantitative estimate of drug-likeness (QED) is 0.782. The summed E-state index contributed by atoms with van der Waals surface area (Å²) in [6.45, 7) is 0.801. The molecule has 0 aliphatic carbocycles. The van der Waals surface area contributed by atoms with Crippen LogP contribution >= 0.6 is 15.9 Å². The van der Waals surface area contributed by atoms with Crippen LogP contribution in [0, 0.1) is 0 Å². The molecule has 0 spiro atoms. The van der Waals surface area contributed by atoms with Gasteiger partial charge >= 0.3 is 5.97 Å². The van der Waals surface area contributed by atoms with Crippen molar-refractivity contribution in [1.29, 1.82) is 0 Å². The number of anilines is 1. The van der Waals surface area contributed by atoms with E-state index in [1.54, 1.807) is 0 Å². The van der Waals surface area contributed by atoms with Crippen LogP contribution in [0.4, 0.5) is 5.69 Å². The maximum atomic E-state index is 10.3. The number of unbranched alkanes of at least 4 members (excludes halogenated alkanes) is 1. The first-order valence-electron chi connectivity index (χ1n) is 4.90. The summed E-state index contributed by atoms with van der Waals surface area (Å²) in [5.74, 6) is -0.726. The van der Waals surface area contributed by atoms with Crippen molar-refractivity contribution >= 4 is 27.6 Å². The average Bonchev–Trinajstić information content (AvgIpc) is 2.20. The van der Waals surface area contributed by atoms with Gasteiger partial charge < -0.3 is 10.4 Å². The molecule has 0 aliphatic heterocycles. The van der Waals surface area contributed by atoms with Crippen LogP contribution in [-0.2, 0) is 4.79 Å². The third kappa shape index (κ3) is 4.83. The van der Waals surface area contributed by atoms with Crippen LogP contribution in [0.5, 0.6) is 0 Å². The summed E-state index contributed by atoms with van der Waals surface area (Å²) in [5, 5.41) is 11.7. The summed E-state index contributed by atoms with van der Waals surface area (Å²) in [7, 11) is 0. The van der Waals surface area contributed by atoms with Crippen molar-refractivity contribution < 1.29 is 9.90 Å². The molecule has 1 aromatic rings. The van der Waals surface area contributed by atoms with Gasteiger partial charge in [-0.25, -0.2) is 0 Å². The van der Waals surface area contributed by atoms with E-state index in [0.29, 0.717) is 6.42 Å². The van der Waals surface area contributed by atoms with Crippen molar-refractivity contribution in [2.24, 2.45) is 0 Å². The number of carboxylic acids is 1. The normalized spacial score (nSPS) is 9.93. The Hall–Kier alpha value is -1.03. The fourth-order valence-corrected chi connectivity index (χ4v) is 1.65. The van der Waals surface area contributed by atoms with E-state index in [1.807, 2.05) is 24.3 Å². The van der Waals surface area contributed by atoms with Gasteiger partial charge in [-0.15, -0.1) is 0 Å². The number of benzene rings is 1. The molecule has 0 unspecified atom stereocenters. The fraction of sp³-hybridized carbons (Fsp3) is 0.364. The van der Waals surface area contributed by atoms with Gasteiger partial charge in [-0.2, -0.15) is 0 Å². The van der Waals surface area contributed by atoms with Crippen molar-refractivity contribution in [3.63, 3.8) is 0 Å². The van der Waals surface area contributed by atoms with Crippen molar-refractivity contribution in [2.45, 2.75) is 19.3 Å². The molecule has 0 radical (unpaired) electrons. The molecule has 0 heterocycles. The van der Waals surface area contributed by atoms with Crippen LogP contribution in [0.1, 0.15) is 19.3 Å². The maximum absolute atomic E-state index is 10.3. The van der Waals surface area contributed by atoms with E-state index in [0.717, 1.165) is 23.1 Å². The lowest BCUT2D eigenvalue weighted by Gasteiger charge is -2.07. The number of aliphatic carboxylic acids is 1. The Bertz CT molecular complexity index is 328. The second-order valence-corrected chi connectivity index (χ2v) is 4.11. The number of carboxylic acid groups (broad SMARTS) is 1. The van der Waals surface area contributed by atoms with Gasteiger partial charge in [-0.3, -0.25) is 4.79 Å². The van der Waals surface area contributed by atoms with Gasteiger partial charge in [-0.1, -0.05) is 12.1 Å². The molecular weight excluding hydrogens is 258 g/mol. The monoisotopic (exact) mass is 271 g/mol.